The molecule has 4 rings (SSSR count). The SMILES string of the molecule is CN(C)/C=C1/N=C2CN=C(c3ccccc3)c3cc(Cl)ccc3N2C1=O. The van der Waals surface area contributed by atoms with Crippen LogP contribution in [0.5, 0.6) is 0 Å². The van der Waals surface area contributed by atoms with E-state index in [1.807, 2.05) is 61.5 Å². The van der Waals surface area contributed by atoms with Gasteiger partial charge in [0.2, 0.25) is 0 Å². The van der Waals surface area contributed by atoms with Crippen molar-refractivity contribution in [2.45, 2.75) is 0 Å². The smallest absolute Gasteiger partial charge is 0.284 e. The summed E-state index contributed by atoms with van der Waals surface area (Å²) in [6.07, 6.45) is 1.72. The largest absolute Gasteiger partial charge is 0.382 e. The molecule has 2 aromatic carbocycles. The molecule has 2 heterocycles. The first kappa shape index (κ1) is 16.5. The number of hydrogen-bond acceptors (Lipinski definition) is 4. The van der Waals surface area contributed by atoms with Crippen LogP contribution in [0, 0.1) is 0 Å². The summed E-state index contributed by atoms with van der Waals surface area (Å²) in [5.41, 5.74) is 3.78. The molecular weight excluding hydrogens is 348 g/mol. The zero-order valence-electron chi connectivity index (χ0n) is 14.5. The Morgan fingerprint density at radius 1 is 1.15 bits per heavy atom. The Morgan fingerprint density at radius 2 is 1.92 bits per heavy atom. The summed E-state index contributed by atoms with van der Waals surface area (Å²) in [7, 11) is 3.73. The number of rotatable bonds is 2. The zero-order chi connectivity index (χ0) is 18.3. The summed E-state index contributed by atoms with van der Waals surface area (Å²) in [5, 5.41) is 0.600. The minimum Gasteiger partial charge on any atom is -0.382 e. The van der Waals surface area contributed by atoms with E-state index >= 15 is 0 Å². The van der Waals surface area contributed by atoms with Crippen molar-refractivity contribution in [2.75, 3.05) is 25.5 Å². The average Bonchev–Trinajstić information content (AvgIpc) is 2.82. The van der Waals surface area contributed by atoms with Crippen LogP contribution in [-0.4, -0.2) is 43.0 Å². The third-order valence-corrected chi connectivity index (χ3v) is 4.43. The highest BCUT2D eigenvalue weighted by Gasteiger charge is 2.35. The van der Waals surface area contributed by atoms with Gasteiger partial charge in [-0.25, -0.2) is 4.99 Å². The normalized spacial score (nSPS) is 17.4. The van der Waals surface area contributed by atoms with Gasteiger partial charge in [-0.1, -0.05) is 41.9 Å². The van der Waals surface area contributed by atoms with Crippen molar-refractivity contribution >= 4 is 34.7 Å². The highest BCUT2D eigenvalue weighted by atomic mass is 35.5. The van der Waals surface area contributed by atoms with Crippen molar-refractivity contribution in [1.82, 2.24) is 4.90 Å². The molecule has 0 saturated heterocycles. The van der Waals surface area contributed by atoms with Crippen molar-refractivity contribution in [3.63, 3.8) is 0 Å². The first-order valence-electron chi connectivity index (χ1n) is 8.24. The van der Waals surface area contributed by atoms with Gasteiger partial charge in [-0.2, -0.15) is 0 Å². The Labute approximate surface area is 156 Å². The van der Waals surface area contributed by atoms with Crippen LogP contribution >= 0.6 is 11.6 Å². The molecule has 2 aromatic rings. The molecule has 0 aromatic heterocycles. The number of aliphatic imine (C=N–C) groups is 2. The van der Waals surface area contributed by atoms with Gasteiger partial charge in [0.25, 0.3) is 5.91 Å². The predicted molar refractivity (Wildman–Crippen MR) is 105 cm³/mol. The number of carbonyl (C=O) groups is 1. The number of hydrogen-bond donors (Lipinski definition) is 0. The number of benzene rings is 2. The standard InChI is InChI=1S/C20H17ClN4O/c1-24(2)12-16-20(26)25-17-9-8-14(21)10-15(17)19(22-11-18(25)23-16)13-6-4-3-5-7-13/h3-10,12H,11H2,1-2H3/b16-12+. The second-order valence-corrected chi connectivity index (χ2v) is 6.78. The summed E-state index contributed by atoms with van der Waals surface area (Å²) >= 11 is 6.25. The molecule has 5 nitrogen and oxygen atoms in total. The topological polar surface area (TPSA) is 48.3 Å². The summed E-state index contributed by atoms with van der Waals surface area (Å²) in [5.74, 6) is 0.472. The van der Waals surface area contributed by atoms with Crippen molar-refractivity contribution < 1.29 is 4.79 Å². The van der Waals surface area contributed by atoms with E-state index in [1.165, 1.54) is 0 Å². The van der Waals surface area contributed by atoms with E-state index < -0.39 is 0 Å². The van der Waals surface area contributed by atoms with E-state index in [2.05, 4.69) is 4.99 Å². The second kappa shape index (κ2) is 6.42. The minimum absolute atomic E-state index is 0.151. The lowest BCUT2D eigenvalue weighted by Crippen LogP contribution is -2.33. The lowest BCUT2D eigenvalue weighted by Gasteiger charge is -2.19. The number of amides is 1. The summed E-state index contributed by atoms with van der Waals surface area (Å²) in [4.78, 5) is 25.7. The van der Waals surface area contributed by atoms with Gasteiger partial charge in [-0.3, -0.25) is 14.7 Å². The molecule has 0 saturated carbocycles. The fourth-order valence-electron chi connectivity index (χ4n) is 3.12. The van der Waals surface area contributed by atoms with Gasteiger partial charge in [-0.05, 0) is 18.2 Å². The fourth-order valence-corrected chi connectivity index (χ4v) is 3.29. The summed E-state index contributed by atoms with van der Waals surface area (Å²) in [6, 6.07) is 15.4. The van der Waals surface area contributed by atoms with Crippen molar-refractivity contribution in [3.05, 3.63) is 76.6 Å². The quantitative estimate of drug-likeness (QED) is 0.767. The van der Waals surface area contributed by atoms with E-state index in [-0.39, 0.29) is 5.91 Å². The molecule has 0 fully saturated rings. The third-order valence-electron chi connectivity index (χ3n) is 4.19. The monoisotopic (exact) mass is 364 g/mol. The predicted octanol–water partition coefficient (Wildman–Crippen LogP) is 3.34. The van der Waals surface area contributed by atoms with Crippen LogP contribution in [0.2, 0.25) is 5.02 Å². The van der Waals surface area contributed by atoms with E-state index in [0.29, 0.717) is 23.1 Å². The third kappa shape index (κ3) is 2.80. The van der Waals surface area contributed by atoms with Gasteiger partial charge in [0.05, 0.1) is 17.9 Å². The molecule has 0 spiro atoms. The maximum atomic E-state index is 13.0. The maximum absolute atomic E-state index is 13.0. The van der Waals surface area contributed by atoms with E-state index in [4.69, 9.17) is 16.6 Å². The molecule has 6 heteroatoms. The molecule has 130 valence electrons. The molecule has 0 radical (unpaired) electrons. The Balaban J connectivity index is 1.91. The van der Waals surface area contributed by atoms with E-state index in [9.17, 15) is 4.79 Å². The fraction of sp³-hybridized carbons (Fsp3) is 0.150. The van der Waals surface area contributed by atoms with Crippen LogP contribution in [-0.2, 0) is 4.79 Å². The first-order valence-corrected chi connectivity index (χ1v) is 8.62. The number of fused-ring (bicyclic) bond motifs is 3. The average molecular weight is 365 g/mol. The van der Waals surface area contributed by atoms with Gasteiger partial charge in [0.15, 0.2) is 0 Å². The lowest BCUT2D eigenvalue weighted by molar-refractivity contribution is -0.114. The van der Waals surface area contributed by atoms with Gasteiger partial charge in [0.1, 0.15) is 11.5 Å². The maximum Gasteiger partial charge on any atom is 0.284 e. The lowest BCUT2D eigenvalue weighted by atomic mass is 10.00. The van der Waals surface area contributed by atoms with Gasteiger partial charge in [0, 0.05) is 36.4 Å². The highest BCUT2D eigenvalue weighted by Crippen LogP contribution is 2.33. The first-order chi connectivity index (χ1) is 12.5. The molecule has 2 aliphatic rings. The molecule has 1 amide bonds. The van der Waals surface area contributed by atoms with E-state index in [0.717, 1.165) is 22.5 Å². The molecule has 26 heavy (non-hydrogen) atoms. The van der Waals surface area contributed by atoms with Crippen molar-refractivity contribution in [2.24, 2.45) is 9.98 Å². The number of amidine groups is 1. The molecule has 0 unspecified atom stereocenters. The molecule has 0 bridgehead atoms. The number of anilines is 1. The van der Waals surface area contributed by atoms with Gasteiger partial charge >= 0.3 is 0 Å². The minimum atomic E-state index is -0.151. The summed E-state index contributed by atoms with van der Waals surface area (Å²) < 4.78 is 0. The van der Waals surface area contributed by atoms with E-state index in [1.54, 1.807) is 17.2 Å². The number of nitrogens with zero attached hydrogens (tertiary/aromatic N) is 4. The van der Waals surface area contributed by atoms with Crippen LogP contribution < -0.4 is 4.90 Å². The summed E-state index contributed by atoms with van der Waals surface area (Å²) in [6.45, 7) is 0.326. The van der Waals surface area contributed by atoms with Crippen LogP contribution in [0.3, 0.4) is 0 Å². The second-order valence-electron chi connectivity index (χ2n) is 6.34. The Hall–Kier alpha value is -2.92. The molecular formula is C20H17ClN4O. The van der Waals surface area contributed by atoms with Crippen LogP contribution in [0.15, 0.2) is 70.4 Å². The van der Waals surface area contributed by atoms with Crippen LogP contribution in [0.4, 0.5) is 5.69 Å². The molecule has 0 N–H and O–H groups in total. The Morgan fingerprint density at radius 3 is 2.65 bits per heavy atom. The van der Waals surface area contributed by atoms with Gasteiger partial charge < -0.3 is 4.90 Å². The Kier molecular flexibility index (Phi) is 4.09. The molecule has 0 atom stereocenters. The molecule has 0 aliphatic carbocycles. The number of carbonyl (C=O) groups excluding carboxylic acids is 1. The van der Waals surface area contributed by atoms with Gasteiger partial charge in [-0.15, -0.1) is 0 Å². The zero-order valence-corrected chi connectivity index (χ0v) is 15.2. The highest BCUT2D eigenvalue weighted by molar-refractivity contribution is 6.34. The molecule has 2 aliphatic heterocycles. The van der Waals surface area contributed by atoms with Crippen molar-refractivity contribution in [1.29, 1.82) is 0 Å². The van der Waals surface area contributed by atoms with Crippen LogP contribution in [0.1, 0.15) is 11.1 Å². The number of halogens is 1. The van der Waals surface area contributed by atoms with Crippen molar-refractivity contribution in [3.8, 4) is 0 Å². The van der Waals surface area contributed by atoms with Crippen LogP contribution in [0.25, 0.3) is 0 Å². The Bertz CT molecular complexity index is 977.